The van der Waals surface area contributed by atoms with Crippen molar-refractivity contribution in [3.63, 3.8) is 0 Å². The highest BCUT2D eigenvalue weighted by Crippen LogP contribution is 2.29. The summed E-state index contributed by atoms with van der Waals surface area (Å²) >= 11 is 5.88. The van der Waals surface area contributed by atoms with Crippen LogP contribution in [0, 0.1) is 0 Å². The number of alkyl halides is 2. The van der Waals surface area contributed by atoms with Gasteiger partial charge in [-0.2, -0.15) is 8.78 Å². The summed E-state index contributed by atoms with van der Waals surface area (Å²) in [5.41, 5.74) is 0.392. The van der Waals surface area contributed by atoms with Crippen LogP contribution in [0.4, 0.5) is 14.5 Å². The maximum atomic E-state index is 12.3. The van der Waals surface area contributed by atoms with Gasteiger partial charge in [-0.25, -0.2) is 0 Å². The number of rotatable bonds is 6. The summed E-state index contributed by atoms with van der Waals surface area (Å²) in [6.07, 6.45) is 1.36. The summed E-state index contributed by atoms with van der Waals surface area (Å²) in [6.45, 7) is 0.116. The number of benzene rings is 1. The summed E-state index contributed by atoms with van der Waals surface area (Å²) < 4.78 is 34.2. The highest BCUT2D eigenvalue weighted by molar-refractivity contribution is 6.32. The molecule has 28 heavy (non-hydrogen) atoms. The lowest BCUT2D eigenvalue weighted by molar-refractivity contribution is -0.142. The van der Waals surface area contributed by atoms with Gasteiger partial charge in [0.25, 0.3) is 5.91 Å². The Bertz CT molecular complexity index is 708. The van der Waals surface area contributed by atoms with Crippen LogP contribution < -0.4 is 10.1 Å². The van der Waals surface area contributed by atoms with Crippen LogP contribution in [0.3, 0.4) is 0 Å². The first kappa shape index (κ1) is 20.8. The lowest BCUT2D eigenvalue weighted by atomic mass is 10.2. The van der Waals surface area contributed by atoms with Gasteiger partial charge >= 0.3 is 6.61 Å². The SMILES string of the molecule is O=C(CN1CCN(C(=O)[C@H]2CCCO2)CC1)Nc1ccc(OC(F)F)c(Cl)c1. The second-order valence-electron chi connectivity index (χ2n) is 6.67. The molecule has 10 heteroatoms. The molecule has 1 aromatic rings. The number of piperazine rings is 1. The maximum Gasteiger partial charge on any atom is 0.387 e. The smallest absolute Gasteiger partial charge is 0.387 e. The third-order valence-corrected chi connectivity index (χ3v) is 4.98. The van der Waals surface area contributed by atoms with E-state index in [1.54, 1.807) is 4.90 Å². The third kappa shape index (κ3) is 5.52. The Morgan fingerprint density at radius 3 is 2.64 bits per heavy atom. The summed E-state index contributed by atoms with van der Waals surface area (Å²) in [7, 11) is 0. The molecule has 1 aromatic carbocycles. The highest BCUT2D eigenvalue weighted by atomic mass is 35.5. The standard InChI is InChI=1S/C18H22ClF2N3O4/c19-13-10-12(3-4-14(13)28-18(20)21)22-16(25)11-23-5-7-24(8-6-23)17(26)15-2-1-9-27-15/h3-4,10,15,18H,1-2,5-9,11H2,(H,22,25)/t15-/m1/s1. The van der Waals surface area contributed by atoms with Crippen molar-refractivity contribution < 1.29 is 27.8 Å². The fourth-order valence-corrected chi connectivity index (χ4v) is 3.50. The van der Waals surface area contributed by atoms with E-state index in [1.807, 2.05) is 4.90 Å². The van der Waals surface area contributed by atoms with Gasteiger partial charge in [-0.05, 0) is 31.0 Å². The van der Waals surface area contributed by atoms with E-state index < -0.39 is 6.61 Å². The second-order valence-corrected chi connectivity index (χ2v) is 7.08. The molecule has 0 aliphatic carbocycles. The first-order valence-corrected chi connectivity index (χ1v) is 9.47. The number of anilines is 1. The molecule has 3 rings (SSSR count). The Kier molecular flexibility index (Phi) is 7.03. The largest absolute Gasteiger partial charge is 0.433 e. The fraction of sp³-hybridized carbons (Fsp3) is 0.556. The molecular weight excluding hydrogens is 396 g/mol. The van der Waals surface area contributed by atoms with Crippen LogP contribution in [0.15, 0.2) is 18.2 Å². The molecule has 2 aliphatic heterocycles. The summed E-state index contributed by atoms with van der Waals surface area (Å²) in [4.78, 5) is 28.3. The quantitative estimate of drug-likeness (QED) is 0.768. The van der Waals surface area contributed by atoms with Crippen LogP contribution in [0.2, 0.25) is 5.02 Å². The van der Waals surface area contributed by atoms with E-state index in [1.165, 1.54) is 18.2 Å². The molecule has 2 aliphatic rings. The van der Waals surface area contributed by atoms with Gasteiger partial charge in [0.2, 0.25) is 5.91 Å². The topological polar surface area (TPSA) is 71.1 Å². The van der Waals surface area contributed by atoms with Crippen LogP contribution in [0.1, 0.15) is 12.8 Å². The molecule has 2 saturated heterocycles. The molecular formula is C18H22ClF2N3O4. The number of nitrogens with one attached hydrogen (secondary N) is 1. The minimum absolute atomic E-state index is 0.0145. The van der Waals surface area contributed by atoms with E-state index in [9.17, 15) is 18.4 Å². The van der Waals surface area contributed by atoms with Crippen LogP contribution in [-0.4, -0.2) is 73.7 Å². The van der Waals surface area contributed by atoms with Crippen LogP contribution in [-0.2, 0) is 14.3 Å². The zero-order chi connectivity index (χ0) is 20.1. The average molecular weight is 418 g/mol. The predicted molar refractivity (Wildman–Crippen MR) is 98.7 cm³/mol. The van der Waals surface area contributed by atoms with Crippen molar-refractivity contribution in [3.05, 3.63) is 23.2 Å². The number of carbonyl (C=O) groups excluding carboxylic acids is 2. The first-order valence-electron chi connectivity index (χ1n) is 9.09. The van der Waals surface area contributed by atoms with Gasteiger partial charge in [-0.15, -0.1) is 0 Å². The van der Waals surface area contributed by atoms with Gasteiger partial charge in [-0.3, -0.25) is 14.5 Å². The Morgan fingerprint density at radius 2 is 2.04 bits per heavy atom. The van der Waals surface area contributed by atoms with E-state index in [-0.39, 0.29) is 35.2 Å². The Labute approximate surface area is 166 Å². The van der Waals surface area contributed by atoms with Gasteiger partial charge in [-0.1, -0.05) is 11.6 Å². The second kappa shape index (κ2) is 9.49. The van der Waals surface area contributed by atoms with E-state index in [0.717, 1.165) is 12.8 Å². The van der Waals surface area contributed by atoms with Crippen molar-refractivity contribution >= 4 is 29.1 Å². The molecule has 2 fully saturated rings. The average Bonchev–Trinajstić information content (AvgIpc) is 3.18. The Balaban J connectivity index is 1.44. The van der Waals surface area contributed by atoms with Gasteiger partial charge in [0.1, 0.15) is 11.9 Å². The lowest BCUT2D eigenvalue weighted by Gasteiger charge is -2.35. The molecule has 0 bridgehead atoms. The molecule has 2 amide bonds. The van der Waals surface area contributed by atoms with Crippen molar-refractivity contribution in [1.29, 1.82) is 0 Å². The van der Waals surface area contributed by atoms with Crippen molar-refractivity contribution in [1.82, 2.24) is 9.80 Å². The molecule has 2 heterocycles. The Morgan fingerprint density at radius 1 is 1.29 bits per heavy atom. The minimum atomic E-state index is -2.97. The zero-order valence-corrected chi connectivity index (χ0v) is 16.0. The van der Waals surface area contributed by atoms with E-state index >= 15 is 0 Å². The third-order valence-electron chi connectivity index (χ3n) is 4.69. The minimum Gasteiger partial charge on any atom is -0.433 e. The van der Waals surface area contributed by atoms with E-state index in [4.69, 9.17) is 16.3 Å². The van der Waals surface area contributed by atoms with Gasteiger partial charge < -0.3 is 19.7 Å². The van der Waals surface area contributed by atoms with Crippen molar-refractivity contribution in [3.8, 4) is 5.75 Å². The number of nitrogens with zero attached hydrogens (tertiary/aromatic N) is 2. The van der Waals surface area contributed by atoms with Crippen LogP contribution in [0.25, 0.3) is 0 Å². The molecule has 154 valence electrons. The number of hydrogen-bond donors (Lipinski definition) is 1. The number of carbonyl (C=O) groups is 2. The van der Waals surface area contributed by atoms with Gasteiger partial charge in [0.05, 0.1) is 11.6 Å². The Hall–Kier alpha value is -1.97. The molecule has 0 saturated carbocycles. The van der Waals surface area contributed by atoms with Crippen LogP contribution >= 0.6 is 11.6 Å². The molecule has 0 radical (unpaired) electrons. The summed E-state index contributed by atoms with van der Waals surface area (Å²) in [6, 6.07) is 4.08. The molecule has 0 spiro atoms. The molecule has 1 atom stereocenters. The summed E-state index contributed by atoms with van der Waals surface area (Å²) in [5, 5.41) is 2.67. The van der Waals surface area contributed by atoms with Gasteiger partial charge in [0.15, 0.2) is 0 Å². The molecule has 0 aromatic heterocycles. The first-order chi connectivity index (χ1) is 13.4. The monoisotopic (exact) mass is 417 g/mol. The number of amides is 2. The zero-order valence-electron chi connectivity index (χ0n) is 15.2. The predicted octanol–water partition coefficient (Wildman–Crippen LogP) is 2.20. The molecule has 1 N–H and O–H groups in total. The van der Waals surface area contributed by atoms with E-state index in [2.05, 4.69) is 10.1 Å². The molecule has 7 nitrogen and oxygen atoms in total. The fourth-order valence-electron chi connectivity index (χ4n) is 3.28. The lowest BCUT2D eigenvalue weighted by Crippen LogP contribution is -2.52. The van der Waals surface area contributed by atoms with Crippen molar-refractivity contribution in [2.45, 2.75) is 25.6 Å². The maximum absolute atomic E-state index is 12.3. The number of hydrogen-bond acceptors (Lipinski definition) is 5. The van der Waals surface area contributed by atoms with Crippen molar-refractivity contribution in [2.75, 3.05) is 44.6 Å². The number of ether oxygens (including phenoxy) is 2. The van der Waals surface area contributed by atoms with Crippen LogP contribution in [0.5, 0.6) is 5.75 Å². The van der Waals surface area contributed by atoms with Crippen molar-refractivity contribution in [2.24, 2.45) is 0 Å². The number of halogens is 3. The molecule has 0 unspecified atom stereocenters. The van der Waals surface area contributed by atoms with E-state index in [0.29, 0.717) is 38.5 Å². The highest BCUT2D eigenvalue weighted by Gasteiger charge is 2.30. The normalized spacial score (nSPS) is 20.4. The van der Waals surface area contributed by atoms with Gasteiger partial charge in [0, 0.05) is 38.5 Å². The summed E-state index contributed by atoms with van der Waals surface area (Å²) in [5.74, 6) is -0.374.